The fourth-order valence-corrected chi connectivity index (χ4v) is 13.2. The van der Waals surface area contributed by atoms with Gasteiger partial charge in [0, 0.05) is 17.8 Å². The number of aliphatic hydroxyl groups is 1. The number of hydrogen-bond donors (Lipinski definition) is 1. The average molecular weight is 653 g/mol. The van der Waals surface area contributed by atoms with Crippen LogP contribution in [0.2, 0.25) is 0 Å². The van der Waals surface area contributed by atoms with Crippen LogP contribution in [0.1, 0.15) is 197 Å². The summed E-state index contributed by atoms with van der Waals surface area (Å²) in [6.45, 7) is 22.2. The zero-order chi connectivity index (χ0) is 34.3. The Hall–Kier alpha value is -0.830. The van der Waals surface area contributed by atoms with Gasteiger partial charge in [0.25, 0.3) is 0 Å². The molecule has 0 amide bonds. The highest BCUT2D eigenvalue weighted by Crippen LogP contribution is 2.75. The van der Waals surface area contributed by atoms with E-state index in [1.54, 1.807) is 5.57 Å². The van der Waals surface area contributed by atoms with Crippen LogP contribution < -0.4 is 0 Å². The summed E-state index contributed by atoms with van der Waals surface area (Å²) in [4.78, 5) is 13.1. The number of esters is 1. The van der Waals surface area contributed by atoms with E-state index in [-0.39, 0.29) is 39.1 Å². The first-order valence-corrected chi connectivity index (χ1v) is 20.7. The lowest BCUT2D eigenvalue weighted by Gasteiger charge is -2.71. The standard InChI is InChI=1S/C44H76O3/c1-10-11-12-13-14-15-16-17-18-19-20-21-38(45)47-37-25-26-41(7)35(40(37,5)6)24-27-43(9)36(41)23-22-33-34-31-39(3,4)30-32(2)44(34,46)29-28-42(33,43)8/h22,32,34-37,46H,10-21,23-31H2,1-9H3. The van der Waals surface area contributed by atoms with Crippen molar-refractivity contribution in [3.63, 3.8) is 0 Å². The number of unbranched alkanes of at least 4 members (excludes halogenated alkanes) is 10. The van der Waals surface area contributed by atoms with Crippen LogP contribution in [-0.2, 0) is 9.53 Å². The van der Waals surface area contributed by atoms with Crippen LogP contribution in [0.3, 0.4) is 0 Å². The van der Waals surface area contributed by atoms with Gasteiger partial charge < -0.3 is 9.84 Å². The maximum atomic E-state index is 13.1. The number of carbonyl (C=O) groups is 1. The molecule has 270 valence electrons. The first-order chi connectivity index (χ1) is 22.1. The monoisotopic (exact) mass is 653 g/mol. The lowest BCUT2D eigenvalue weighted by molar-refractivity contribution is -0.219. The second-order valence-electron chi connectivity index (χ2n) is 19.9. The molecule has 0 bridgehead atoms. The molecule has 1 N–H and O–H groups in total. The van der Waals surface area contributed by atoms with E-state index in [0.717, 1.165) is 57.8 Å². The van der Waals surface area contributed by atoms with Crippen molar-refractivity contribution in [2.24, 2.45) is 50.7 Å². The average Bonchev–Trinajstić information content (AvgIpc) is 2.99. The second-order valence-corrected chi connectivity index (χ2v) is 19.9. The van der Waals surface area contributed by atoms with Crippen LogP contribution in [0.25, 0.3) is 0 Å². The summed E-state index contributed by atoms with van der Waals surface area (Å²) in [5.74, 6) is 1.90. The molecule has 0 saturated heterocycles. The smallest absolute Gasteiger partial charge is 0.306 e. The van der Waals surface area contributed by atoms with Gasteiger partial charge in [-0.25, -0.2) is 0 Å². The van der Waals surface area contributed by atoms with Gasteiger partial charge in [-0.1, -0.05) is 138 Å². The SMILES string of the molecule is CCCCCCCCCCCCCC(=O)OC1CCC2(C)C(CCC3(C)C2CC=C2C4CC(C)(C)CC(C)C4(O)CCC23C)C1(C)C. The van der Waals surface area contributed by atoms with Crippen molar-refractivity contribution in [1.82, 2.24) is 0 Å². The minimum absolute atomic E-state index is 0.0122. The molecule has 0 heterocycles. The van der Waals surface area contributed by atoms with Crippen LogP contribution >= 0.6 is 0 Å². The Bertz CT molecular complexity index is 1120. The van der Waals surface area contributed by atoms with Gasteiger partial charge in [0.1, 0.15) is 6.10 Å². The molecule has 9 atom stereocenters. The van der Waals surface area contributed by atoms with Gasteiger partial charge in [-0.05, 0) is 104 Å². The zero-order valence-electron chi connectivity index (χ0n) is 32.6. The highest BCUT2D eigenvalue weighted by molar-refractivity contribution is 5.69. The summed E-state index contributed by atoms with van der Waals surface area (Å²) < 4.78 is 6.38. The number of rotatable bonds is 13. The molecular formula is C44H76O3. The van der Waals surface area contributed by atoms with Gasteiger partial charge in [-0.15, -0.1) is 0 Å². The van der Waals surface area contributed by atoms with Crippen LogP contribution in [0, 0.1) is 50.7 Å². The van der Waals surface area contributed by atoms with Crippen LogP contribution in [-0.4, -0.2) is 22.8 Å². The van der Waals surface area contributed by atoms with Gasteiger partial charge in [-0.3, -0.25) is 4.79 Å². The summed E-state index contributed by atoms with van der Waals surface area (Å²) in [6.07, 6.45) is 27.7. The van der Waals surface area contributed by atoms with Crippen molar-refractivity contribution in [2.75, 3.05) is 0 Å². The fraction of sp³-hybridized carbons (Fsp3) is 0.932. The molecule has 0 spiro atoms. The molecule has 4 saturated carbocycles. The number of carbonyl (C=O) groups excluding carboxylic acids is 1. The molecular weight excluding hydrogens is 576 g/mol. The summed E-state index contributed by atoms with van der Waals surface area (Å²) in [5, 5.41) is 12.2. The molecule has 5 aliphatic carbocycles. The lowest BCUT2D eigenvalue weighted by atomic mass is 9.34. The first-order valence-electron chi connectivity index (χ1n) is 20.7. The van der Waals surface area contributed by atoms with Crippen molar-refractivity contribution in [2.45, 2.75) is 209 Å². The Morgan fingerprint density at radius 3 is 2.04 bits per heavy atom. The molecule has 0 aromatic carbocycles. The molecule has 47 heavy (non-hydrogen) atoms. The minimum Gasteiger partial charge on any atom is -0.462 e. The maximum absolute atomic E-state index is 13.1. The van der Waals surface area contributed by atoms with E-state index in [2.05, 4.69) is 68.4 Å². The van der Waals surface area contributed by atoms with Crippen molar-refractivity contribution in [3.05, 3.63) is 11.6 Å². The molecule has 3 nitrogen and oxygen atoms in total. The van der Waals surface area contributed by atoms with Gasteiger partial charge >= 0.3 is 5.97 Å². The Labute approximate surface area is 291 Å². The normalized spacial score (nSPS) is 41.9. The number of hydrogen-bond acceptors (Lipinski definition) is 3. The Morgan fingerprint density at radius 1 is 0.787 bits per heavy atom. The van der Waals surface area contributed by atoms with Crippen LogP contribution in [0.5, 0.6) is 0 Å². The Morgan fingerprint density at radius 2 is 1.40 bits per heavy atom. The molecule has 0 aliphatic heterocycles. The minimum atomic E-state index is -0.539. The Balaban J connectivity index is 1.19. The van der Waals surface area contributed by atoms with Crippen molar-refractivity contribution in [1.29, 1.82) is 0 Å². The van der Waals surface area contributed by atoms with Gasteiger partial charge in [0.05, 0.1) is 5.60 Å². The summed E-state index contributed by atoms with van der Waals surface area (Å²) in [7, 11) is 0. The summed E-state index contributed by atoms with van der Waals surface area (Å²) in [6, 6.07) is 0. The maximum Gasteiger partial charge on any atom is 0.306 e. The number of fused-ring (bicyclic) bond motifs is 7. The van der Waals surface area contributed by atoms with E-state index < -0.39 is 5.60 Å². The van der Waals surface area contributed by atoms with Crippen LogP contribution in [0.15, 0.2) is 11.6 Å². The molecule has 5 rings (SSSR count). The molecule has 5 aliphatic rings. The number of ether oxygens (including phenoxy) is 1. The molecule has 4 fully saturated rings. The van der Waals surface area contributed by atoms with Gasteiger partial charge in [0.15, 0.2) is 0 Å². The van der Waals surface area contributed by atoms with Gasteiger partial charge in [-0.2, -0.15) is 0 Å². The topological polar surface area (TPSA) is 46.5 Å². The predicted octanol–water partition coefficient (Wildman–Crippen LogP) is 12.4. The second kappa shape index (κ2) is 14.1. The molecule has 0 aromatic rings. The lowest BCUT2D eigenvalue weighted by Crippen LogP contribution is -2.66. The van der Waals surface area contributed by atoms with Crippen molar-refractivity contribution >= 4 is 5.97 Å². The quantitative estimate of drug-likeness (QED) is 0.122. The summed E-state index contributed by atoms with van der Waals surface area (Å²) in [5.41, 5.74) is 1.98. The zero-order valence-corrected chi connectivity index (χ0v) is 32.6. The molecule has 0 radical (unpaired) electrons. The van der Waals surface area contributed by atoms with E-state index in [0.29, 0.717) is 30.1 Å². The third-order valence-electron chi connectivity index (χ3n) is 16.2. The predicted molar refractivity (Wildman–Crippen MR) is 197 cm³/mol. The van der Waals surface area contributed by atoms with E-state index in [1.165, 1.54) is 70.6 Å². The van der Waals surface area contributed by atoms with Gasteiger partial charge in [0.2, 0.25) is 0 Å². The summed E-state index contributed by atoms with van der Waals surface area (Å²) >= 11 is 0. The van der Waals surface area contributed by atoms with Crippen molar-refractivity contribution in [3.8, 4) is 0 Å². The molecule has 0 aromatic heterocycles. The molecule has 9 unspecified atom stereocenters. The van der Waals surface area contributed by atoms with Crippen LogP contribution in [0.4, 0.5) is 0 Å². The third kappa shape index (κ3) is 6.81. The fourth-order valence-electron chi connectivity index (χ4n) is 13.2. The largest absolute Gasteiger partial charge is 0.462 e. The van der Waals surface area contributed by atoms with E-state index in [1.807, 2.05) is 0 Å². The van der Waals surface area contributed by atoms with Crippen molar-refractivity contribution < 1.29 is 14.6 Å². The van der Waals surface area contributed by atoms with E-state index in [4.69, 9.17) is 4.74 Å². The highest BCUT2D eigenvalue weighted by Gasteiger charge is 2.69. The van der Waals surface area contributed by atoms with E-state index in [9.17, 15) is 9.90 Å². The number of allylic oxidation sites excluding steroid dienone is 1. The third-order valence-corrected chi connectivity index (χ3v) is 16.2. The molecule has 3 heteroatoms. The highest BCUT2D eigenvalue weighted by atomic mass is 16.5. The first kappa shape index (κ1) is 37.4. The van der Waals surface area contributed by atoms with E-state index >= 15 is 0 Å². The Kier molecular flexibility index (Phi) is 11.2.